The molecule has 2 aromatic rings. The van der Waals surface area contributed by atoms with Gasteiger partial charge in [0.25, 0.3) is 0 Å². The number of rotatable bonds is 5. The third-order valence-corrected chi connectivity index (χ3v) is 2.60. The first-order valence-corrected chi connectivity index (χ1v) is 5.72. The molecule has 20 heavy (non-hydrogen) atoms. The lowest BCUT2D eigenvalue weighted by atomic mass is 10.2. The summed E-state index contributed by atoms with van der Waals surface area (Å²) in [5, 5.41) is 27.0. The summed E-state index contributed by atoms with van der Waals surface area (Å²) in [5.41, 5.74) is 0.152. The fraction of sp³-hybridized carbons (Fsp3) is 0.154. The molecular formula is C13H11N3O4. The lowest BCUT2D eigenvalue weighted by molar-refractivity contribution is 0.0687. The molecule has 0 aliphatic heterocycles. The molecule has 0 aliphatic rings. The van der Waals surface area contributed by atoms with Crippen LogP contribution in [0.2, 0.25) is 0 Å². The molecule has 0 saturated carbocycles. The van der Waals surface area contributed by atoms with Crippen LogP contribution >= 0.6 is 0 Å². The van der Waals surface area contributed by atoms with Gasteiger partial charge in [-0.3, -0.25) is 4.57 Å². The van der Waals surface area contributed by atoms with Gasteiger partial charge in [-0.05, 0) is 24.3 Å². The van der Waals surface area contributed by atoms with Crippen LogP contribution in [0.4, 0.5) is 0 Å². The van der Waals surface area contributed by atoms with E-state index in [0.717, 1.165) is 0 Å². The number of nitrogens with zero attached hydrogens (tertiary/aromatic N) is 3. The fourth-order valence-corrected chi connectivity index (χ4v) is 1.58. The van der Waals surface area contributed by atoms with Gasteiger partial charge in [0.1, 0.15) is 12.4 Å². The molecule has 0 atom stereocenters. The Morgan fingerprint density at radius 3 is 2.65 bits per heavy atom. The summed E-state index contributed by atoms with van der Waals surface area (Å²) in [7, 11) is 0. The maximum Gasteiger partial charge on any atom is 0.360 e. The zero-order valence-corrected chi connectivity index (χ0v) is 10.4. The number of aromatic hydroxyl groups is 1. The van der Waals surface area contributed by atoms with Gasteiger partial charge in [-0.25, -0.2) is 9.78 Å². The molecule has 0 amide bonds. The largest absolute Gasteiger partial charge is 0.493 e. The average Bonchev–Trinajstić information content (AvgIpc) is 2.81. The highest BCUT2D eigenvalue weighted by atomic mass is 16.5. The maximum atomic E-state index is 10.7. The molecule has 2 N–H and O–H groups in total. The van der Waals surface area contributed by atoms with E-state index < -0.39 is 11.8 Å². The first-order chi connectivity index (χ1) is 9.61. The molecular weight excluding hydrogens is 262 g/mol. The highest BCUT2D eigenvalue weighted by Crippen LogP contribution is 2.16. The molecule has 0 spiro atoms. The summed E-state index contributed by atoms with van der Waals surface area (Å²) in [6.45, 7) is 0.487. The number of carboxylic acid groups (broad SMARTS) is 1. The average molecular weight is 273 g/mol. The third kappa shape index (κ3) is 2.87. The molecule has 1 aromatic carbocycles. The predicted molar refractivity (Wildman–Crippen MR) is 67.5 cm³/mol. The number of hydrogen-bond donors (Lipinski definition) is 2. The Bertz CT molecular complexity index is 655. The van der Waals surface area contributed by atoms with E-state index in [1.54, 1.807) is 24.3 Å². The summed E-state index contributed by atoms with van der Waals surface area (Å²) in [6, 6.07) is 8.59. The standard InChI is InChI=1S/C13H11N3O4/c14-7-9-1-3-10(4-2-9)20-6-5-16-8-15-11(12(16)17)13(18)19/h1-4,8,17H,5-6H2,(H,18,19). The number of ether oxygens (including phenoxy) is 1. The molecule has 0 aliphatic carbocycles. The van der Waals surface area contributed by atoms with Gasteiger partial charge in [0.05, 0.1) is 24.5 Å². The first kappa shape index (κ1) is 13.4. The molecule has 7 nitrogen and oxygen atoms in total. The molecule has 0 radical (unpaired) electrons. The van der Waals surface area contributed by atoms with Crippen molar-refractivity contribution in [2.75, 3.05) is 6.61 Å². The number of carbonyl (C=O) groups is 1. The van der Waals surface area contributed by atoms with Gasteiger partial charge >= 0.3 is 5.97 Å². The van der Waals surface area contributed by atoms with Gasteiger partial charge in [0.2, 0.25) is 11.6 Å². The Kier molecular flexibility index (Phi) is 3.86. The van der Waals surface area contributed by atoms with E-state index in [4.69, 9.17) is 15.1 Å². The van der Waals surface area contributed by atoms with Crippen molar-refractivity contribution >= 4 is 5.97 Å². The fourth-order valence-electron chi connectivity index (χ4n) is 1.58. The van der Waals surface area contributed by atoms with Gasteiger partial charge in [0.15, 0.2) is 0 Å². The molecule has 0 saturated heterocycles. The van der Waals surface area contributed by atoms with Crippen molar-refractivity contribution in [1.82, 2.24) is 9.55 Å². The van der Waals surface area contributed by atoms with Gasteiger partial charge < -0.3 is 14.9 Å². The molecule has 7 heteroatoms. The first-order valence-electron chi connectivity index (χ1n) is 5.72. The lowest BCUT2D eigenvalue weighted by Gasteiger charge is -2.07. The number of aromatic nitrogens is 2. The van der Waals surface area contributed by atoms with Crippen molar-refractivity contribution in [3.05, 3.63) is 41.9 Å². The minimum Gasteiger partial charge on any atom is -0.493 e. The van der Waals surface area contributed by atoms with Gasteiger partial charge in [-0.15, -0.1) is 0 Å². The van der Waals surface area contributed by atoms with Crippen molar-refractivity contribution < 1.29 is 19.7 Å². The van der Waals surface area contributed by atoms with Crippen LogP contribution in [0.15, 0.2) is 30.6 Å². The number of benzene rings is 1. The summed E-state index contributed by atoms with van der Waals surface area (Å²) in [5.74, 6) is -1.10. The van der Waals surface area contributed by atoms with Crippen LogP contribution in [-0.2, 0) is 6.54 Å². The number of imidazole rings is 1. The van der Waals surface area contributed by atoms with Crippen LogP contribution in [0.3, 0.4) is 0 Å². The van der Waals surface area contributed by atoms with E-state index >= 15 is 0 Å². The van der Waals surface area contributed by atoms with Crippen LogP contribution in [0.25, 0.3) is 0 Å². The Morgan fingerprint density at radius 2 is 2.10 bits per heavy atom. The highest BCUT2D eigenvalue weighted by Gasteiger charge is 2.15. The molecule has 0 bridgehead atoms. The molecule has 2 rings (SSSR count). The summed E-state index contributed by atoms with van der Waals surface area (Å²) in [4.78, 5) is 14.3. The Labute approximate surface area is 114 Å². The van der Waals surface area contributed by atoms with Crippen molar-refractivity contribution in [3.63, 3.8) is 0 Å². The third-order valence-electron chi connectivity index (χ3n) is 2.60. The van der Waals surface area contributed by atoms with E-state index in [0.29, 0.717) is 11.3 Å². The van der Waals surface area contributed by atoms with Crippen molar-refractivity contribution in [3.8, 4) is 17.7 Å². The number of carboxylic acids is 1. The molecule has 1 aromatic heterocycles. The number of hydrogen-bond acceptors (Lipinski definition) is 5. The zero-order valence-electron chi connectivity index (χ0n) is 10.4. The SMILES string of the molecule is N#Cc1ccc(OCCn2cnc(C(=O)O)c2O)cc1. The van der Waals surface area contributed by atoms with E-state index in [2.05, 4.69) is 4.98 Å². The molecule has 0 fully saturated rings. The second kappa shape index (κ2) is 5.75. The van der Waals surface area contributed by atoms with Crippen molar-refractivity contribution in [1.29, 1.82) is 5.26 Å². The minimum absolute atomic E-state index is 0.231. The number of aromatic carboxylic acids is 1. The van der Waals surface area contributed by atoms with E-state index in [1.165, 1.54) is 10.9 Å². The van der Waals surface area contributed by atoms with Crippen molar-refractivity contribution in [2.24, 2.45) is 0 Å². The van der Waals surface area contributed by atoms with E-state index in [9.17, 15) is 9.90 Å². The Morgan fingerprint density at radius 1 is 1.40 bits per heavy atom. The minimum atomic E-state index is -1.28. The van der Waals surface area contributed by atoms with Crippen LogP contribution in [0.5, 0.6) is 11.6 Å². The van der Waals surface area contributed by atoms with Crippen LogP contribution in [0, 0.1) is 11.3 Å². The van der Waals surface area contributed by atoms with Crippen LogP contribution < -0.4 is 4.74 Å². The molecule has 1 heterocycles. The Balaban J connectivity index is 1.92. The van der Waals surface area contributed by atoms with Gasteiger partial charge in [0, 0.05) is 0 Å². The number of nitriles is 1. The highest BCUT2D eigenvalue weighted by molar-refractivity contribution is 5.87. The molecule has 102 valence electrons. The van der Waals surface area contributed by atoms with E-state index in [1.807, 2.05) is 6.07 Å². The summed E-state index contributed by atoms with van der Waals surface area (Å²) in [6.07, 6.45) is 1.24. The van der Waals surface area contributed by atoms with Crippen molar-refractivity contribution in [2.45, 2.75) is 6.54 Å². The lowest BCUT2D eigenvalue weighted by Crippen LogP contribution is -2.07. The normalized spacial score (nSPS) is 9.95. The second-order valence-electron chi connectivity index (χ2n) is 3.90. The summed E-state index contributed by atoms with van der Waals surface area (Å²) >= 11 is 0. The summed E-state index contributed by atoms with van der Waals surface area (Å²) < 4.78 is 6.70. The van der Waals surface area contributed by atoms with Gasteiger partial charge in [-0.1, -0.05) is 0 Å². The smallest absolute Gasteiger partial charge is 0.360 e. The van der Waals surface area contributed by atoms with Crippen LogP contribution in [-0.4, -0.2) is 32.3 Å². The Hall–Kier alpha value is -3.01. The van der Waals surface area contributed by atoms with Gasteiger partial charge in [-0.2, -0.15) is 5.26 Å². The zero-order chi connectivity index (χ0) is 14.5. The monoisotopic (exact) mass is 273 g/mol. The predicted octanol–water partition coefficient (Wildman–Crippen LogP) is 1.24. The van der Waals surface area contributed by atoms with Crippen LogP contribution in [0.1, 0.15) is 16.1 Å². The second-order valence-corrected chi connectivity index (χ2v) is 3.90. The molecule has 0 unspecified atom stereocenters. The topological polar surface area (TPSA) is 108 Å². The van der Waals surface area contributed by atoms with E-state index in [-0.39, 0.29) is 18.8 Å². The quantitative estimate of drug-likeness (QED) is 0.848. The maximum absolute atomic E-state index is 10.7.